The van der Waals surface area contributed by atoms with E-state index in [-0.39, 0.29) is 29.6 Å². The summed E-state index contributed by atoms with van der Waals surface area (Å²) in [7, 11) is -3.71. The Morgan fingerprint density at radius 1 is 1.39 bits per heavy atom. The van der Waals surface area contributed by atoms with Gasteiger partial charge in [0.15, 0.2) is 0 Å². The first-order chi connectivity index (χ1) is 8.43. The summed E-state index contributed by atoms with van der Waals surface area (Å²) in [5, 5.41) is 2.59. The standard InChI is InChI=1S/C11H15N3O3S/c1-8-3-2-4-9(12)11(8)18(16,17)14-6-5-13-10(15)7-14/h2-4H,5-7,12H2,1H3,(H,13,15). The average molecular weight is 269 g/mol. The lowest BCUT2D eigenvalue weighted by atomic mass is 10.2. The summed E-state index contributed by atoms with van der Waals surface area (Å²) in [5.41, 5.74) is 6.54. The van der Waals surface area contributed by atoms with Gasteiger partial charge >= 0.3 is 0 Å². The number of nitrogen functional groups attached to an aromatic ring is 1. The number of piperazine rings is 1. The van der Waals surface area contributed by atoms with Crippen LogP contribution in [0, 0.1) is 6.92 Å². The number of amides is 1. The minimum Gasteiger partial charge on any atom is -0.398 e. The molecule has 0 saturated carbocycles. The Kier molecular flexibility index (Phi) is 3.27. The predicted molar refractivity (Wildman–Crippen MR) is 67.4 cm³/mol. The van der Waals surface area contributed by atoms with Crippen LogP contribution in [0.1, 0.15) is 5.56 Å². The second-order valence-corrected chi connectivity index (χ2v) is 6.06. The van der Waals surface area contributed by atoms with Gasteiger partial charge in [-0.2, -0.15) is 4.31 Å². The van der Waals surface area contributed by atoms with Gasteiger partial charge in [0, 0.05) is 13.1 Å². The molecule has 0 bridgehead atoms. The van der Waals surface area contributed by atoms with Crippen molar-refractivity contribution in [2.75, 3.05) is 25.4 Å². The second kappa shape index (κ2) is 4.58. The number of nitrogens with two attached hydrogens (primary N) is 1. The molecule has 1 aromatic carbocycles. The Morgan fingerprint density at radius 2 is 2.11 bits per heavy atom. The van der Waals surface area contributed by atoms with Crippen LogP contribution >= 0.6 is 0 Å². The van der Waals surface area contributed by atoms with Crippen LogP contribution < -0.4 is 11.1 Å². The third-order valence-electron chi connectivity index (χ3n) is 2.84. The molecule has 6 nitrogen and oxygen atoms in total. The molecule has 0 spiro atoms. The van der Waals surface area contributed by atoms with Crippen LogP contribution in [0.5, 0.6) is 0 Å². The van der Waals surface area contributed by atoms with Crippen LogP contribution in [-0.2, 0) is 14.8 Å². The smallest absolute Gasteiger partial charge is 0.245 e. The van der Waals surface area contributed by atoms with Gasteiger partial charge in [0.05, 0.1) is 12.2 Å². The molecular formula is C11H15N3O3S. The van der Waals surface area contributed by atoms with Crippen molar-refractivity contribution in [3.63, 3.8) is 0 Å². The van der Waals surface area contributed by atoms with E-state index in [1.165, 1.54) is 0 Å². The molecule has 0 atom stereocenters. The van der Waals surface area contributed by atoms with Crippen LogP contribution in [0.3, 0.4) is 0 Å². The van der Waals surface area contributed by atoms with E-state index in [1.54, 1.807) is 25.1 Å². The quantitative estimate of drug-likeness (QED) is 0.721. The van der Waals surface area contributed by atoms with Gasteiger partial charge < -0.3 is 11.1 Å². The summed E-state index contributed by atoms with van der Waals surface area (Å²) in [5.74, 6) is -0.294. The second-order valence-electron chi connectivity index (χ2n) is 4.18. The van der Waals surface area contributed by atoms with Crippen LogP contribution in [0.15, 0.2) is 23.1 Å². The highest BCUT2D eigenvalue weighted by molar-refractivity contribution is 7.89. The lowest BCUT2D eigenvalue weighted by Crippen LogP contribution is -2.50. The maximum Gasteiger partial charge on any atom is 0.245 e. The Bertz CT molecular complexity index is 563. The molecule has 1 fully saturated rings. The molecule has 0 radical (unpaired) electrons. The number of aryl methyl sites for hydroxylation is 1. The SMILES string of the molecule is Cc1cccc(N)c1S(=O)(=O)N1CCNC(=O)C1. The lowest BCUT2D eigenvalue weighted by Gasteiger charge is -2.27. The van der Waals surface area contributed by atoms with Gasteiger partial charge in [0.1, 0.15) is 4.90 Å². The summed E-state index contributed by atoms with van der Waals surface area (Å²) in [6.07, 6.45) is 0. The highest BCUT2D eigenvalue weighted by Crippen LogP contribution is 2.25. The Balaban J connectivity index is 2.45. The van der Waals surface area contributed by atoms with E-state index in [2.05, 4.69) is 5.32 Å². The Hall–Kier alpha value is -1.60. The molecule has 0 unspecified atom stereocenters. The summed E-state index contributed by atoms with van der Waals surface area (Å²) in [6, 6.07) is 4.93. The number of nitrogens with zero attached hydrogens (tertiary/aromatic N) is 1. The zero-order valence-corrected chi connectivity index (χ0v) is 10.8. The molecule has 3 N–H and O–H groups in total. The van der Waals surface area contributed by atoms with E-state index >= 15 is 0 Å². The molecular weight excluding hydrogens is 254 g/mol. The van der Waals surface area contributed by atoms with Crippen LogP contribution in [-0.4, -0.2) is 38.3 Å². The number of carbonyl (C=O) groups excluding carboxylic acids is 1. The molecule has 1 heterocycles. The third-order valence-corrected chi connectivity index (χ3v) is 4.91. The van der Waals surface area contributed by atoms with Crippen molar-refractivity contribution in [1.82, 2.24) is 9.62 Å². The Morgan fingerprint density at radius 3 is 2.72 bits per heavy atom. The van der Waals surface area contributed by atoms with Gasteiger partial charge in [-0.1, -0.05) is 12.1 Å². The van der Waals surface area contributed by atoms with Gasteiger partial charge in [0.2, 0.25) is 15.9 Å². The number of carbonyl (C=O) groups is 1. The number of hydrogen-bond acceptors (Lipinski definition) is 4. The normalized spacial score (nSPS) is 17.5. The maximum absolute atomic E-state index is 12.4. The Labute approximate surface area is 106 Å². The molecule has 1 aliphatic heterocycles. The van der Waals surface area contributed by atoms with E-state index in [0.29, 0.717) is 12.1 Å². The van der Waals surface area contributed by atoms with Crippen molar-refractivity contribution in [3.8, 4) is 0 Å². The fraction of sp³-hybridized carbons (Fsp3) is 0.364. The minimum atomic E-state index is -3.71. The van der Waals surface area contributed by atoms with Crippen molar-refractivity contribution >= 4 is 21.6 Å². The first kappa shape index (κ1) is 12.8. The van der Waals surface area contributed by atoms with Gasteiger partial charge in [-0.25, -0.2) is 8.42 Å². The summed E-state index contributed by atoms with van der Waals surface area (Å²) < 4.78 is 26.0. The molecule has 1 amide bonds. The van der Waals surface area contributed by atoms with Crippen LogP contribution in [0.2, 0.25) is 0 Å². The van der Waals surface area contributed by atoms with Crippen molar-refractivity contribution in [1.29, 1.82) is 0 Å². The summed E-state index contributed by atoms with van der Waals surface area (Å²) >= 11 is 0. The fourth-order valence-corrected chi connectivity index (χ4v) is 3.69. The number of nitrogens with one attached hydrogen (secondary N) is 1. The fourth-order valence-electron chi connectivity index (χ4n) is 1.98. The first-order valence-corrected chi connectivity index (χ1v) is 6.99. The molecule has 1 aliphatic rings. The van der Waals surface area contributed by atoms with Crippen molar-refractivity contribution in [3.05, 3.63) is 23.8 Å². The van der Waals surface area contributed by atoms with E-state index in [9.17, 15) is 13.2 Å². The van der Waals surface area contributed by atoms with Crippen LogP contribution in [0.25, 0.3) is 0 Å². The molecule has 98 valence electrons. The van der Waals surface area contributed by atoms with Crippen LogP contribution in [0.4, 0.5) is 5.69 Å². The largest absolute Gasteiger partial charge is 0.398 e. The molecule has 1 aromatic rings. The van der Waals surface area contributed by atoms with E-state index in [4.69, 9.17) is 5.73 Å². The van der Waals surface area contributed by atoms with Gasteiger partial charge in [-0.05, 0) is 18.6 Å². The minimum absolute atomic E-state index is 0.0969. The zero-order valence-electron chi connectivity index (χ0n) is 10.0. The number of anilines is 1. The third kappa shape index (κ3) is 2.19. The van der Waals surface area contributed by atoms with E-state index < -0.39 is 10.0 Å². The lowest BCUT2D eigenvalue weighted by molar-refractivity contribution is -0.122. The van der Waals surface area contributed by atoms with Gasteiger partial charge in [-0.3, -0.25) is 4.79 Å². The van der Waals surface area contributed by atoms with Gasteiger partial charge in [0.25, 0.3) is 0 Å². The molecule has 7 heteroatoms. The van der Waals surface area contributed by atoms with E-state index in [0.717, 1.165) is 4.31 Å². The topological polar surface area (TPSA) is 92.5 Å². The summed E-state index contributed by atoms with van der Waals surface area (Å²) in [6.45, 7) is 2.12. The average Bonchev–Trinajstić information content (AvgIpc) is 2.28. The van der Waals surface area contributed by atoms with Crippen molar-refractivity contribution in [2.45, 2.75) is 11.8 Å². The number of sulfonamides is 1. The molecule has 18 heavy (non-hydrogen) atoms. The highest BCUT2D eigenvalue weighted by atomic mass is 32.2. The van der Waals surface area contributed by atoms with Crippen molar-refractivity contribution in [2.24, 2.45) is 0 Å². The molecule has 1 saturated heterocycles. The maximum atomic E-state index is 12.4. The monoisotopic (exact) mass is 269 g/mol. The van der Waals surface area contributed by atoms with Crippen molar-refractivity contribution < 1.29 is 13.2 Å². The molecule has 0 aliphatic carbocycles. The highest BCUT2D eigenvalue weighted by Gasteiger charge is 2.31. The molecule has 2 rings (SSSR count). The van der Waals surface area contributed by atoms with Gasteiger partial charge in [-0.15, -0.1) is 0 Å². The zero-order chi connectivity index (χ0) is 13.3. The number of benzene rings is 1. The summed E-state index contributed by atoms with van der Waals surface area (Å²) in [4.78, 5) is 11.4. The number of hydrogen-bond donors (Lipinski definition) is 2. The number of rotatable bonds is 2. The first-order valence-electron chi connectivity index (χ1n) is 5.55. The predicted octanol–water partition coefficient (Wildman–Crippen LogP) is -0.302. The molecule has 0 aromatic heterocycles. The van der Waals surface area contributed by atoms with E-state index in [1.807, 2.05) is 0 Å².